The van der Waals surface area contributed by atoms with E-state index < -0.39 is 5.91 Å². The van der Waals surface area contributed by atoms with Crippen LogP contribution in [0.5, 0.6) is 17.2 Å². The molecule has 2 aromatic rings. The number of rotatable bonds is 10. The molecule has 0 radical (unpaired) electrons. The van der Waals surface area contributed by atoms with Gasteiger partial charge < -0.3 is 30.1 Å². The number of nitrogens with zero attached hydrogens (tertiary/aromatic N) is 2. The van der Waals surface area contributed by atoms with Crippen LogP contribution in [0.1, 0.15) is 63.6 Å². The van der Waals surface area contributed by atoms with Crippen molar-refractivity contribution in [2.45, 2.75) is 45.7 Å². The van der Waals surface area contributed by atoms with Crippen LogP contribution in [0.4, 0.5) is 0 Å². The number of fused-ring (bicyclic) bond motifs is 1. The van der Waals surface area contributed by atoms with Crippen LogP contribution in [-0.2, 0) is 19.5 Å². The number of nitrogens with one attached hydrogen (secondary N) is 1. The van der Waals surface area contributed by atoms with Crippen molar-refractivity contribution in [1.29, 1.82) is 0 Å². The lowest BCUT2D eigenvalue weighted by molar-refractivity contribution is 0.0748. The second kappa shape index (κ2) is 11.2. The van der Waals surface area contributed by atoms with Gasteiger partial charge in [0, 0.05) is 32.2 Å². The van der Waals surface area contributed by atoms with Gasteiger partial charge in [-0.3, -0.25) is 9.59 Å². The maximum absolute atomic E-state index is 13.4. The molecule has 0 aromatic heterocycles. The molecule has 8 heteroatoms. The van der Waals surface area contributed by atoms with Crippen LogP contribution in [0.3, 0.4) is 0 Å². The van der Waals surface area contributed by atoms with Gasteiger partial charge in [-0.25, -0.2) is 0 Å². The molecule has 3 rings (SSSR count). The number of aromatic hydroxyl groups is 2. The topological polar surface area (TPSA) is 102 Å². The monoisotopic (exact) mass is 469 g/mol. The van der Waals surface area contributed by atoms with Crippen molar-refractivity contribution in [2.75, 3.05) is 34.3 Å². The molecule has 0 spiro atoms. The molecule has 1 heterocycles. The highest BCUT2D eigenvalue weighted by Crippen LogP contribution is 2.37. The smallest absolute Gasteiger partial charge is 0.258 e. The molecule has 34 heavy (non-hydrogen) atoms. The van der Waals surface area contributed by atoms with Gasteiger partial charge >= 0.3 is 0 Å². The lowest BCUT2D eigenvalue weighted by Gasteiger charge is -2.19. The second-order valence-electron chi connectivity index (χ2n) is 8.93. The molecular formula is C26H35N3O5. The van der Waals surface area contributed by atoms with Gasteiger partial charge in [0.2, 0.25) is 0 Å². The van der Waals surface area contributed by atoms with Crippen LogP contribution < -0.4 is 10.1 Å². The molecule has 8 nitrogen and oxygen atoms in total. The number of hydrogen-bond donors (Lipinski definition) is 3. The first-order chi connectivity index (χ1) is 16.3. The number of hydrogen-bond acceptors (Lipinski definition) is 6. The molecular weight excluding hydrogens is 434 g/mol. The third-order valence-electron chi connectivity index (χ3n) is 6.06. The minimum absolute atomic E-state index is 0.0140. The Morgan fingerprint density at radius 1 is 1.06 bits per heavy atom. The summed E-state index contributed by atoms with van der Waals surface area (Å²) >= 11 is 0. The van der Waals surface area contributed by atoms with Crippen LogP contribution >= 0.6 is 0 Å². The minimum atomic E-state index is -0.509. The van der Waals surface area contributed by atoms with Crippen LogP contribution in [0.2, 0.25) is 0 Å². The lowest BCUT2D eigenvalue weighted by atomic mass is 9.97. The van der Waals surface area contributed by atoms with Crippen molar-refractivity contribution in [2.24, 2.45) is 0 Å². The van der Waals surface area contributed by atoms with Gasteiger partial charge in [0.15, 0.2) is 0 Å². The van der Waals surface area contributed by atoms with Crippen molar-refractivity contribution < 1.29 is 24.5 Å². The Balaban J connectivity index is 1.81. The Morgan fingerprint density at radius 3 is 2.44 bits per heavy atom. The Kier molecular flexibility index (Phi) is 8.39. The van der Waals surface area contributed by atoms with Crippen molar-refractivity contribution in [1.82, 2.24) is 15.1 Å². The van der Waals surface area contributed by atoms with Gasteiger partial charge in [0.05, 0.1) is 17.7 Å². The highest BCUT2D eigenvalue weighted by Gasteiger charge is 2.30. The molecule has 0 aliphatic carbocycles. The van der Waals surface area contributed by atoms with Crippen molar-refractivity contribution in [3.63, 3.8) is 0 Å². The molecule has 0 atom stereocenters. The van der Waals surface area contributed by atoms with Crippen LogP contribution in [0.15, 0.2) is 24.3 Å². The Hall–Kier alpha value is -3.26. The van der Waals surface area contributed by atoms with Crippen molar-refractivity contribution >= 4 is 11.8 Å². The summed E-state index contributed by atoms with van der Waals surface area (Å²) in [5.74, 6) is -0.662. The third-order valence-corrected chi connectivity index (χ3v) is 6.06. The van der Waals surface area contributed by atoms with E-state index in [9.17, 15) is 19.8 Å². The zero-order chi connectivity index (χ0) is 24.8. The van der Waals surface area contributed by atoms with Gasteiger partial charge in [-0.15, -0.1) is 0 Å². The predicted octanol–water partition coefficient (Wildman–Crippen LogP) is 3.29. The highest BCUT2D eigenvalue weighted by molar-refractivity contribution is 6.04. The molecule has 0 saturated heterocycles. The van der Waals surface area contributed by atoms with Gasteiger partial charge in [-0.1, -0.05) is 19.4 Å². The van der Waals surface area contributed by atoms with E-state index in [4.69, 9.17) is 4.74 Å². The summed E-state index contributed by atoms with van der Waals surface area (Å²) in [6, 6.07) is 7.11. The van der Waals surface area contributed by atoms with Gasteiger partial charge in [-0.2, -0.15) is 0 Å². The number of benzene rings is 2. The summed E-state index contributed by atoms with van der Waals surface area (Å²) in [5, 5.41) is 23.9. The van der Waals surface area contributed by atoms with E-state index in [1.54, 1.807) is 4.90 Å². The Morgan fingerprint density at radius 2 is 1.76 bits per heavy atom. The second-order valence-corrected chi connectivity index (χ2v) is 8.93. The standard InChI is InChI=1S/C26H35N3O5/c1-5-6-8-20-23(30)21(25(32)27-2)14-22(24(20)31)26(33)29-15-17-9-10-19(13-18(17)16-29)34-12-7-11-28(3)4/h9-10,13-14,30-31H,5-8,11-12,15-16H2,1-4H3,(H,27,32). The lowest BCUT2D eigenvalue weighted by Crippen LogP contribution is -2.26. The van der Waals surface area contributed by atoms with Crippen LogP contribution in [0.25, 0.3) is 0 Å². The van der Waals surface area contributed by atoms with E-state index >= 15 is 0 Å². The molecule has 0 fully saturated rings. The van der Waals surface area contributed by atoms with Crippen molar-refractivity contribution in [3.8, 4) is 17.2 Å². The average Bonchev–Trinajstić information content (AvgIpc) is 3.24. The van der Waals surface area contributed by atoms with E-state index in [1.165, 1.54) is 13.1 Å². The number of carbonyl (C=O) groups is 2. The largest absolute Gasteiger partial charge is 0.507 e. The van der Waals surface area contributed by atoms with E-state index in [0.29, 0.717) is 32.5 Å². The molecule has 1 aliphatic rings. The zero-order valence-corrected chi connectivity index (χ0v) is 20.5. The Labute approximate surface area is 201 Å². The fraction of sp³-hybridized carbons (Fsp3) is 0.462. The first-order valence-electron chi connectivity index (χ1n) is 11.7. The molecule has 2 amide bonds. The summed E-state index contributed by atoms with van der Waals surface area (Å²) in [7, 11) is 5.51. The SMILES string of the molecule is CCCCc1c(O)c(C(=O)NC)cc(C(=O)N2Cc3ccc(OCCCN(C)C)cc3C2)c1O. The quantitative estimate of drug-likeness (QED) is 0.462. The normalized spacial score (nSPS) is 12.7. The van der Waals surface area contributed by atoms with Gasteiger partial charge in [0.25, 0.3) is 11.8 Å². The first kappa shape index (κ1) is 25.4. The first-order valence-corrected chi connectivity index (χ1v) is 11.7. The number of unbranched alkanes of at least 4 members (excludes halogenated alkanes) is 1. The van der Waals surface area contributed by atoms with Crippen LogP contribution in [-0.4, -0.2) is 66.1 Å². The average molecular weight is 470 g/mol. The van der Waals surface area contributed by atoms with E-state index in [2.05, 4.69) is 10.2 Å². The number of phenolic OH excluding ortho intramolecular Hbond substituents is 2. The maximum Gasteiger partial charge on any atom is 0.258 e. The number of carbonyl (C=O) groups excluding carboxylic acids is 2. The van der Waals surface area contributed by atoms with Gasteiger partial charge in [0.1, 0.15) is 17.2 Å². The molecule has 0 saturated carbocycles. The molecule has 2 aromatic carbocycles. The fourth-order valence-electron chi connectivity index (χ4n) is 4.12. The molecule has 0 unspecified atom stereocenters. The summed E-state index contributed by atoms with van der Waals surface area (Å²) in [6.07, 6.45) is 2.84. The molecule has 3 N–H and O–H groups in total. The van der Waals surface area contributed by atoms with Gasteiger partial charge in [-0.05, 0) is 62.7 Å². The molecule has 1 aliphatic heterocycles. The number of amides is 2. The zero-order valence-electron chi connectivity index (χ0n) is 20.5. The third kappa shape index (κ3) is 5.62. The molecule has 0 bridgehead atoms. The molecule has 184 valence electrons. The van der Waals surface area contributed by atoms with Crippen LogP contribution in [0, 0.1) is 0 Å². The summed E-state index contributed by atoms with van der Waals surface area (Å²) in [5.41, 5.74) is 2.26. The van der Waals surface area contributed by atoms with E-state index in [-0.39, 0.29) is 34.1 Å². The highest BCUT2D eigenvalue weighted by atomic mass is 16.5. The number of phenols is 2. The minimum Gasteiger partial charge on any atom is -0.507 e. The predicted molar refractivity (Wildman–Crippen MR) is 130 cm³/mol. The Bertz CT molecular complexity index is 1050. The maximum atomic E-state index is 13.4. The fourth-order valence-corrected chi connectivity index (χ4v) is 4.12. The van der Waals surface area contributed by atoms with E-state index in [0.717, 1.165) is 36.3 Å². The summed E-state index contributed by atoms with van der Waals surface area (Å²) in [6.45, 7) is 4.33. The van der Waals surface area contributed by atoms with E-state index in [1.807, 2.05) is 39.2 Å². The van der Waals surface area contributed by atoms with Crippen molar-refractivity contribution in [3.05, 3.63) is 52.1 Å². The summed E-state index contributed by atoms with van der Waals surface area (Å²) in [4.78, 5) is 29.5. The number of ether oxygens (including phenoxy) is 1. The summed E-state index contributed by atoms with van der Waals surface area (Å²) < 4.78 is 5.86.